The molecule has 0 aliphatic heterocycles. The second kappa shape index (κ2) is 10.7. The molecular weight excluding hydrogens is 460 g/mol. The van der Waals surface area contributed by atoms with Crippen molar-refractivity contribution in [1.82, 2.24) is 0 Å². The molecule has 0 aromatic heterocycles. The zero-order chi connectivity index (χ0) is 24.9. The number of benzene rings is 2. The Hall–Kier alpha value is -3.32. The summed E-state index contributed by atoms with van der Waals surface area (Å²) in [5, 5.41) is 0.523. The molecule has 2 aromatic rings. The van der Waals surface area contributed by atoms with Gasteiger partial charge in [0.2, 0.25) is 5.41 Å². The van der Waals surface area contributed by atoms with Gasteiger partial charge in [-0.1, -0.05) is 48.0 Å². The number of hydrogen-bond acceptors (Lipinski definition) is 7. The highest BCUT2D eigenvalue weighted by molar-refractivity contribution is 6.30. The molecular formula is C26H27ClO7. The number of carbonyl (C=O) groups excluding carboxylic acids is 3. The van der Waals surface area contributed by atoms with Crippen LogP contribution < -0.4 is 0 Å². The third kappa shape index (κ3) is 4.40. The maximum absolute atomic E-state index is 13.7. The minimum Gasteiger partial charge on any atom is -0.465 e. The van der Waals surface area contributed by atoms with Gasteiger partial charge in [0, 0.05) is 10.6 Å². The van der Waals surface area contributed by atoms with Crippen molar-refractivity contribution in [2.45, 2.75) is 39.2 Å². The van der Waals surface area contributed by atoms with Crippen molar-refractivity contribution in [2.75, 3.05) is 19.8 Å². The third-order valence-electron chi connectivity index (χ3n) is 5.51. The quantitative estimate of drug-likeness (QED) is 0.292. The molecule has 1 aliphatic rings. The molecule has 180 valence electrons. The first kappa shape index (κ1) is 25.3. The second-order valence-electron chi connectivity index (χ2n) is 7.48. The summed E-state index contributed by atoms with van der Waals surface area (Å²) in [4.78, 5) is 39.6. The molecule has 1 unspecified atom stereocenters. The van der Waals surface area contributed by atoms with E-state index in [9.17, 15) is 14.4 Å². The first-order chi connectivity index (χ1) is 16.3. The fraction of sp³-hybridized carbons (Fsp3) is 0.346. The van der Waals surface area contributed by atoms with Crippen molar-refractivity contribution in [3.05, 3.63) is 75.8 Å². The van der Waals surface area contributed by atoms with Gasteiger partial charge in [-0.15, -0.1) is 0 Å². The van der Waals surface area contributed by atoms with E-state index in [1.54, 1.807) is 76.2 Å². The highest BCUT2D eigenvalue weighted by atomic mass is 35.5. The zero-order valence-electron chi connectivity index (χ0n) is 19.6. The lowest BCUT2D eigenvalue weighted by Gasteiger charge is -2.31. The van der Waals surface area contributed by atoms with E-state index < -0.39 is 29.6 Å². The minimum absolute atomic E-state index is 0.0405. The number of rotatable bonds is 8. The van der Waals surface area contributed by atoms with Gasteiger partial charge in [0.05, 0.1) is 19.8 Å². The lowest BCUT2D eigenvalue weighted by atomic mass is 9.74. The van der Waals surface area contributed by atoms with Crippen LogP contribution in [0.15, 0.2) is 54.1 Å². The van der Waals surface area contributed by atoms with Gasteiger partial charge in [-0.25, -0.2) is 4.79 Å². The summed E-state index contributed by atoms with van der Waals surface area (Å²) in [6.45, 7) is 6.73. The van der Waals surface area contributed by atoms with Crippen LogP contribution >= 0.6 is 11.6 Å². The summed E-state index contributed by atoms with van der Waals surface area (Å²) in [7, 11) is 0. The predicted octanol–water partition coefficient (Wildman–Crippen LogP) is 5.08. The van der Waals surface area contributed by atoms with Crippen molar-refractivity contribution in [3.63, 3.8) is 0 Å². The first-order valence-corrected chi connectivity index (χ1v) is 11.5. The Morgan fingerprint density at radius 1 is 0.853 bits per heavy atom. The monoisotopic (exact) mass is 486 g/mol. The predicted molar refractivity (Wildman–Crippen MR) is 126 cm³/mol. The molecule has 2 aromatic carbocycles. The van der Waals surface area contributed by atoms with Gasteiger partial charge < -0.3 is 18.9 Å². The van der Waals surface area contributed by atoms with Crippen LogP contribution in [-0.4, -0.2) is 44.0 Å². The van der Waals surface area contributed by atoms with Gasteiger partial charge in [-0.2, -0.15) is 0 Å². The molecule has 8 heteroatoms. The fourth-order valence-electron chi connectivity index (χ4n) is 4.30. The van der Waals surface area contributed by atoms with Crippen LogP contribution in [0.25, 0.3) is 5.57 Å². The molecule has 34 heavy (non-hydrogen) atoms. The molecule has 7 nitrogen and oxygen atoms in total. The Labute approximate surface area is 203 Å². The molecule has 0 radical (unpaired) electrons. The molecule has 0 fully saturated rings. The van der Waals surface area contributed by atoms with Gasteiger partial charge in [-0.3, -0.25) is 9.59 Å². The standard InChI is InChI=1S/C26H27ClO7/c1-5-31-23(28)26(24(29)32-6-2)20-11-9-8-10-19(20)21(17-12-14-18(27)15-13-17)22(26)16(4)34-25(30)33-7-3/h8-16H,5-7H2,1-4H3. The van der Waals surface area contributed by atoms with E-state index in [0.717, 1.165) is 0 Å². The van der Waals surface area contributed by atoms with Crippen LogP contribution in [0.5, 0.6) is 0 Å². The molecule has 0 saturated heterocycles. The van der Waals surface area contributed by atoms with E-state index in [-0.39, 0.29) is 25.4 Å². The molecule has 0 N–H and O–H groups in total. The maximum Gasteiger partial charge on any atom is 0.508 e. The topological polar surface area (TPSA) is 88.1 Å². The normalized spacial score (nSPS) is 14.7. The Balaban J connectivity index is 2.40. The van der Waals surface area contributed by atoms with E-state index in [0.29, 0.717) is 27.3 Å². The Bertz CT molecular complexity index is 1090. The molecule has 1 atom stereocenters. The zero-order valence-corrected chi connectivity index (χ0v) is 20.3. The minimum atomic E-state index is -1.97. The van der Waals surface area contributed by atoms with Gasteiger partial charge in [-0.05, 0) is 62.1 Å². The van der Waals surface area contributed by atoms with Gasteiger partial charge in [0.15, 0.2) is 0 Å². The van der Waals surface area contributed by atoms with Gasteiger partial charge in [0.25, 0.3) is 0 Å². The highest BCUT2D eigenvalue weighted by Gasteiger charge is 2.61. The first-order valence-electron chi connectivity index (χ1n) is 11.1. The van der Waals surface area contributed by atoms with E-state index >= 15 is 0 Å². The molecule has 0 spiro atoms. The van der Waals surface area contributed by atoms with Crippen LogP contribution in [0, 0.1) is 0 Å². The van der Waals surface area contributed by atoms with Crippen LogP contribution in [0.3, 0.4) is 0 Å². The van der Waals surface area contributed by atoms with E-state index in [2.05, 4.69) is 0 Å². The highest BCUT2D eigenvalue weighted by Crippen LogP contribution is 2.52. The number of esters is 2. The lowest BCUT2D eigenvalue weighted by molar-refractivity contribution is -0.163. The van der Waals surface area contributed by atoms with Crippen LogP contribution in [0.2, 0.25) is 5.02 Å². The summed E-state index contributed by atoms with van der Waals surface area (Å²) >= 11 is 6.11. The number of fused-ring (bicyclic) bond motifs is 1. The summed E-state index contributed by atoms with van der Waals surface area (Å²) in [6, 6.07) is 14.0. The Morgan fingerprint density at radius 2 is 1.41 bits per heavy atom. The van der Waals surface area contributed by atoms with Crippen molar-refractivity contribution in [2.24, 2.45) is 0 Å². The Kier molecular flexibility index (Phi) is 7.99. The molecule has 3 rings (SSSR count). The maximum atomic E-state index is 13.7. The lowest BCUT2D eigenvalue weighted by Crippen LogP contribution is -2.49. The molecule has 0 bridgehead atoms. The van der Waals surface area contributed by atoms with E-state index in [1.165, 1.54) is 0 Å². The number of halogens is 1. The molecule has 0 amide bonds. The number of carbonyl (C=O) groups is 3. The van der Waals surface area contributed by atoms with E-state index in [1.807, 2.05) is 0 Å². The largest absolute Gasteiger partial charge is 0.508 e. The summed E-state index contributed by atoms with van der Waals surface area (Å²) < 4.78 is 21.3. The average molecular weight is 487 g/mol. The van der Waals surface area contributed by atoms with Gasteiger partial charge in [0.1, 0.15) is 6.10 Å². The summed E-state index contributed by atoms with van der Waals surface area (Å²) in [5.41, 5.74) is 0.530. The molecule has 1 aliphatic carbocycles. The Morgan fingerprint density at radius 3 is 1.97 bits per heavy atom. The second-order valence-corrected chi connectivity index (χ2v) is 7.91. The average Bonchev–Trinajstić information content (AvgIpc) is 3.12. The van der Waals surface area contributed by atoms with Crippen LogP contribution in [0.1, 0.15) is 44.4 Å². The van der Waals surface area contributed by atoms with Gasteiger partial charge >= 0.3 is 18.1 Å². The fourth-order valence-corrected chi connectivity index (χ4v) is 4.42. The van der Waals surface area contributed by atoms with Crippen LogP contribution in [0.4, 0.5) is 4.79 Å². The number of hydrogen-bond donors (Lipinski definition) is 0. The van der Waals surface area contributed by atoms with E-state index in [4.69, 9.17) is 30.5 Å². The molecule has 0 saturated carbocycles. The summed E-state index contributed by atoms with van der Waals surface area (Å²) in [5.74, 6) is -1.61. The van der Waals surface area contributed by atoms with Crippen molar-refractivity contribution >= 4 is 35.3 Å². The SMILES string of the molecule is CCOC(=O)OC(C)C1=C(c2ccc(Cl)cc2)c2ccccc2C1(C(=O)OCC)C(=O)OCC. The van der Waals surface area contributed by atoms with Crippen molar-refractivity contribution < 1.29 is 33.3 Å². The third-order valence-corrected chi connectivity index (χ3v) is 5.76. The number of ether oxygens (including phenoxy) is 4. The smallest absolute Gasteiger partial charge is 0.465 e. The molecule has 0 heterocycles. The van der Waals surface area contributed by atoms with Crippen molar-refractivity contribution in [1.29, 1.82) is 0 Å². The summed E-state index contributed by atoms with van der Waals surface area (Å²) in [6.07, 6.45) is -1.96. The van der Waals surface area contributed by atoms with Crippen molar-refractivity contribution in [3.8, 4) is 0 Å². The van der Waals surface area contributed by atoms with Crippen LogP contribution in [-0.2, 0) is 34.0 Å².